The zero-order valence-electron chi connectivity index (χ0n) is 11.5. The second-order valence-electron chi connectivity index (χ2n) is 5.56. The van der Waals surface area contributed by atoms with Crippen molar-refractivity contribution in [3.05, 3.63) is 15.8 Å². The summed E-state index contributed by atoms with van der Waals surface area (Å²) in [5, 5.41) is 0. The minimum Gasteiger partial charge on any atom is -0.326 e. The summed E-state index contributed by atoms with van der Waals surface area (Å²) < 4.78 is 27.9. The van der Waals surface area contributed by atoms with Crippen molar-refractivity contribution in [2.45, 2.75) is 62.9 Å². The first-order valence-electron chi connectivity index (χ1n) is 6.70. The molecule has 0 aliphatic heterocycles. The normalized spacial score (nSPS) is 19.5. The van der Waals surface area contributed by atoms with E-state index < -0.39 is 10.0 Å². The first kappa shape index (κ1) is 15.0. The molecule has 6 heteroatoms. The third-order valence-electron chi connectivity index (χ3n) is 3.75. The molecule has 4 nitrogen and oxygen atoms in total. The van der Waals surface area contributed by atoms with E-state index in [2.05, 4.69) is 4.72 Å². The maximum atomic E-state index is 12.5. The highest BCUT2D eigenvalue weighted by Crippen LogP contribution is 2.31. The van der Waals surface area contributed by atoms with Crippen molar-refractivity contribution in [3.8, 4) is 0 Å². The van der Waals surface area contributed by atoms with Crippen LogP contribution in [-0.2, 0) is 16.6 Å². The maximum absolute atomic E-state index is 12.5. The molecule has 3 N–H and O–H groups in total. The van der Waals surface area contributed by atoms with E-state index in [1.165, 1.54) is 17.8 Å². The molecule has 1 heterocycles. The van der Waals surface area contributed by atoms with Crippen LogP contribution in [0.25, 0.3) is 0 Å². The Bertz CT molecular complexity index is 543. The molecule has 1 aromatic heterocycles. The number of thiophene rings is 1. The summed E-state index contributed by atoms with van der Waals surface area (Å²) in [5.41, 5.74) is 5.28. The third kappa shape index (κ3) is 3.37. The van der Waals surface area contributed by atoms with E-state index in [0.717, 1.165) is 35.4 Å². The largest absolute Gasteiger partial charge is 0.326 e. The predicted molar refractivity (Wildman–Crippen MR) is 78.8 cm³/mol. The highest BCUT2D eigenvalue weighted by Gasteiger charge is 2.33. The summed E-state index contributed by atoms with van der Waals surface area (Å²) in [6.45, 7) is 4.23. The molecule has 0 spiro atoms. The van der Waals surface area contributed by atoms with Crippen molar-refractivity contribution < 1.29 is 8.42 Å². The highest BCUT2D eigenvalue weighted by molar-refractivity contribution is 7.89. The minimum absolute atomic E-state index is 0.297. The second kappa shape index (κ2) is 5.52. The fourth-order valence-electron chi connectivity index (χ4n) is 2.71. The molecule has 0 saturated heterocycles. The summed E-state index contributed by atoms with van der Waals surface area (Å²) in [6, 6.07) is 1.70. The van der Waals surface area contributed by atoms with Crippen LogP contribution in [0.4, 0.5) is 0 Å². The van der Waals surface area contributed by atoms with Gasteiger partial charge >= 0.3 is 0 Å². The average Bonchev–Trinajstić information content (AvgIpc) is 2.71. The van der Waals surface area contributed by atoms with E-state index in [1.54, 1.807) is 6.07 Å². The van der Waals surface area contributed by atoms with Crippen LogP contribution in [0.1, 0.15) is 48.8 Å². The Morgan fingerprint density at radius 3 is 2.53 bits per heavy atom. The zero-order valence-corrected chi connectivity index (χ0v) is 13.2. The fourth-order valence-corrected chi connectivity index (χ4v) is 5.69. The van der Waals surface area contributed by atoms with E-state index in [-0.39, 0.29) is 5.54 Å². The molecular weight excluding hydrogens is 280 g/mol. The summed E-state index contributed by atoms with van der Waals surface area (Å²) in [6.07, 6.45) is 5.22. The lowest BCUT2D eigenvalue weighted by Crippen LogP contribution is -2.47. The number of sulfonamides is 1. The molecule has 0 atom stereocenters. The minimum atomic E-state index is -3.43. The fraction of sp³-hybridized carbons (Fsp3) is 0.692. The van der Waals surface area contributed by atoms with Gasteiger partial charge in [-0.2, -0.15) is 0 Å². The number of hydrogen-bond acceptors (Lipinski definition) is 4. The molecule has 1 aliphatic carbocycles. The van der Waals surface area contributed by atoms with Crippen molar-refractivity contribution in [1.29, 1.82) is 0 Å². The van der Waals surface area contributed by atoms with E-state index >= 15 is 0 Å². The van der Waals surface area contributed by atoms with Crippen LogP contribution in [0.5, 0.6) is 0 Å². The van der Waals surface area contributed by atoms with Crippen LogP contribution >= 0.6 is 11.3 Å². The van der Waals surface area contributed by atoms with Gasteiger partial charge in [-0.25, -0.2) is 13.1 Å². The quantitative estimate of drug-likeness (QED) is 0.897. The molecule has 1 fully saturated rings. The number of nitrogens with two attached hydrogens (primary N) is 1. The monoisotopic (exact) mass is 302 g/mol. The van der Waals surface area contributed by atoms with Crippen LogP contribution in [-0.4, -0.2) is 14.0 Å². The van der Waals surface area contributed by atoms with Gasteiger partial charge in [0.1, 0.15) is 0 Å². The Morgan fingerprint density at radius 2 is 2.00 bits per heavy atom. The van der Waals surface area contributed by atoms with Gasteiger partial charge in [-0.15, -0.1) is 11.3 Å². The summed E-state index contributed by atoms with van der Waals surface area (Å²) >= 11 is 1.46. The molecular formula is C13H22N2O2S2. The SMILES string of the molecule is Cc1sc(CN)cc1S(=O)(=O)NC1(C)CCCCC1. The van der Waals surface area contributed by atoms with Crippen LogP contribution in [0.2, 0.25) is 0 Å². The van der Waals surface area contributed by atoms with Gasteiger partial charge in [-0.05, 0) is 32.8 Å². The molecule has 19 heavy (non-hydrogen) atoms. The van der Waals surface area contributed by atoms with Gasteiger partial charge in [0, 0.05) is 21.8 Å². The summed E-state index contributed by atoms with van der Waals surface area (Å²) in [4.78, 5) is 2.11. The number of hydrogen-bond donors (Lipinski definition) is 2. The van der Waals surface area contributed by atoms with Crippen molar-refractivity contribution in [3.63, 3.8) is 0 Å². The van der Waals surface area contributed by atoms with Crippen molar-refractivity contribution in [2.75, 3.05) is 0 Å². The van der Waals surface area contributed by atoms with Crippen LogP contribution in [0, 0.1) is 6.92 Å². The van der Waals surface area contributed by atoms with Gasteiger partial charge in [-0.3, -0.25) is 0 Å². The molecule has 1 aliphatic rings. The van der Waals surface area contributed by atoms with Gasteiger partial charge in [0.15, 0.2) is 0 Å². The third-order valence-corrected chi connectivity index (χ3v) is 6.72. The van der Waals surface area contributed by atoms with Crippen molar-refractivity contribution in [2.24, 2.45) is 5.73 Å². The van der Waals surface area contributed by atoms with Gasteiger partial charge in [0.25, 0.3) is 0 Å². The van der Waals surface area contributed by atoms with E-state index in [0.29, 0.717) is 11.4 Å². The molecule has 0 aromatic carbocycles. The molecule has 0 bridgehead atoms. The molecule has 108 valence electrons. The van der Waals surface area contributed by atoms with E-state index in [1.807, 2.05) is 13.8 Å². The zero-order chi connectivity index (χ0) is 14.1. The highest BCUT2D eigenvalue weighted by atomic mass is 32.2. The van der Waals surface area contributed by atoms with Gasteiger partial charge in [0.2, 0.25) is 10.0 Å². The standard InChI is InChI=1S/C13H22N2O2S2/c1-10-12(8-11(9-14)18-10)19(16,17)15-13(2)6-4-3-5-7-13/h8,15H,3-7,9,14H2,1-2H3. The van der Waals surface area contributed by atoms with Gasteiger partial charge in [-0.1, -0.05) is 19.3 Å². The first-order chi connectivity index (χ1) is 8.86. The second-order valence-corrected chi connectivity index (χ2v) is 8.56. The maximum Gasteiger partial charge on any atom is 0.242 e. The van der Waals surface area contributed by atoms with Crippen LogP contribution in [0.15, 0.2) is 11.0 Å². The Labute approximate surface area is 119 Å². The predicted octanol–water partition coefficient (Wildman–Crippen LogP) is 2.52. The molecule has 0 radical (unpaired) electrons. The molecule has 1 saturated carbocycles. The van der Waals surface area contributed by atoms with E-state index in [4.69, 9.17) is 5.73 Å². The Balaban J connectivity index is 2.24. The number of aryl methyl sites for hydroxylation is 1. The smallest absolute Gasteiger partial charge is 0.242 e. The van der Waals surface area contributed by atoms with Crippen LogP contribution < -0.4 is 10.5 Å². The lowest BCUT2D eigenvalue weighted by Gasteiger charge is -2.34. The Morgan fingerprint density at radius 1 is 1.37 bits per heavy atom. The average molecular weight is 302 g/mol. The summed E-state index contributed by atoms with van der Waals surface area (Å²) in [7, 11) is -3.43. The first-order valence-corrected chi connectivity index (χ1v) is 9.00. The summed E-state index contributed by atoms with van der Waals surface area (Å²) in [5.74, 6) is 0. The number of nitrogens with one attached hydrogen (secondary N) is 1. The lowest BCUT2D eigenvalue weighted by molar-refractivity contribution is 0.294. The van der Waals surface area contributed by atoms with Gasteiger partial charge < -0.3 is 5.73 Å². The van der Waals surface area contributed by atoms with Crippen molar-refractivity contribution >= 4 is 21.4 Å². The molecule has 2 rings (SSSR count). The van der Waals surface area contributed by atoms with Gasteiger partial charge in [0.05, 0.1) is 4.90 Å². The van der Waals surface area contributed by atoms with Crippen molar-refractivity contribution in [1.82, 2.24) is 4.72 Å². The topological polar surface area (TPSA) is 72.2 Å². The molecule has 0 unspecified atom stereocenters. The molecule has 0 amide bonds. The Kier molecular flexibility index (Phi) is 4.35. The van der Waals surface area contributed by atoms with E-state index in [9.17, 15) is 8.42 Å². The Hall–Kier alpha value is -0.430. The molecule has 1 aromatic rings. The van der Waals surface area contributed by atoms with Crippen LogP contribution in [0.3, 0.4) is 0 Å². The number of rotatable bonds is 4. The lowest BCUT2D eigenvalue weighted by atomic mass is 9.84.